The molecule has 0 aliphatic heterocycles. The molecular formula is C28H34N12O4S4. The summed E-state index contributed by atoms with van der Waals surface area (Å²) >= 11 is 5.50. The van der Waals surface area contributed by atoms with Gasteiger partial charge in [-0.15, -0.1) is 40.8 Å². The van der Waals surface area contributed by atoms with Crippen LogP contribution in [0.1, 0.15) is 122 Å². The minimum Gasteiger partial charge on any atom is -0.301 e. The summed E-state index contributed by atoms with van der Waals surface area (Å²) in [5.74, 6) is -0.170. The highest BCUT2D eigenvalue weighted by atomic mass is 32.1. The highest BCUT2D eigenvalue weighted by Gasteiger charge is 2.31. The van der Waals surface area contributed by atoms with E-state index in [-0.39, 0.29) is 60.1 Å². The van der Waals surface area contributed by atoms with E-state index in [1.807, 2.05) is 0 Å². The van der Waals surface area contributed by atoms with Gasteiger partial charge in [-0.25, -0.2) is 0 Å². The molecule has 0 aromatic carbocycles. The van der Waals surface area contributed by atoms with Crippen LogP contribution < -0.4 is 21.3 Å². The standard InChI is InChI=1S/C28H34N12O4S4/c1-13(41)29-25-37-33-21(45-25)15-5-3-7-17(11-15)23-35-39-27(47-23)31-19(43)9-10-20(44)32-28-40-36-24(48-28)18-8-4-6-16(12-18)22-34-38-26(46-22)30-14(2)42/h15-18H,3-12H2,1-2H3,(H,29,37,41)(H,30,38,42)(H,31,39,43)(H,32,40,44)/t15-,16+,17-,18+. The fourth-order valence-corrected chi connectivity index (χ4v) is 9.66. The average Bonchev–Trinajstić information content (AvgIpc) is 3.88. The van der Waals surface area contributed by atoms with Crippen LogP contribution in [-0.2, 0) is 19.2 Å². The molecule has 0 unspecified atom stereocenters. The number of aromatic nitrogens is 8. The molecule has 20 heteroatoms. The van der Waals surface area contributed by atoms with Gasteiger partial charge in [0.15, 0.2) is 0 Å². The molecule has 2 aliphatic rings. The highest BCUT2D eigenvalue weighted by Crippen LogP contribution is 2.45. The van der Waals surface area contributed by atoms with Crippen molar-refractivity contribution < 1.29 is 19.2 Å². The van der Waals surface area contributed by atoms with Crippen molar-refractivity contribution in [3.8, 4) is 0 Å². The molecular weight excluding hydrogens is 697 g/mol. The van der Waals surface area contributed by atoms with Gasteiger partial charge in [-0.3, -0.25) is 19.2 Å². The number of amides is 4. The Morgan fingerprint density at radius 2 is 0.792 bits per heavy atom. The molecule has 4 heterocycles. The molecule has 0 saturated heterocycles. The van der Waals surface area contributed by atoms with Gasteiger partial charge in [0.25, 0.3) is 0 Å². The first kappa shape index (κ1) is 34.0. The molecule has 0 spiro atoms. The van der Waals surface area contributed by atoms with Crippen LogP contribution in [-0.4, -0.2) is 64.4 Å². The summed E-state index contributed by atoms with van der Waals surface area (Å²) in [4.78, 5) is 47.9. The molecule has 2 saturated carbocycles. The van der Waals surface area contributed by atoms with Crippen molar-refractivity contribution in [2.45, 2.75) is 102 Å². The van der Waals surface area contributed by atoms with E-state index in [1.165, 1.54) is 59.2 Å². The molecule has 4 aromatic heterocycles. The molecule has 6 rings (SSSR count). The van der Waals surface area contributed by atoms with Gasteiger partial charge >= 0.3 is 0 Å². The molecule has 4 atom stereocenters. The summed E-state index contributed by atoms with van der Waals surface area (Å²) in [5, 5.41) is 50.0. The zero-order valence-electron chi connectivity index (χ0n) is 26.2. The van der Waals surface area contributed by atoms with E-state index in [9.17, 15) is 19.2 Å². The third-order valence-electron chi connectivity index (χ3n) is 8.15. The average molecular weight is 731 g/mol. The third-order valence-corrected chi connectivity index (χ3v) is 12.2. The van der Waals surface area contributed by atoms with Crippen molar-refractivity contribution in [3.63, 3.8) is 0 Å². The van der Waals surface area contributed by atoms with Crippen molar-refractivity contribution >= 4 is 89.5 Å². The van der Waals surface area contributed by atoms with Gasteiger partial charge in [0.1, 0.15) is 20.0 Å². The Morgan fingerprint density at radius 3 is 1.08 bits per heavy atom. The van der Waals surface area contributed by atoms with Crippen LogP contribution in [0.2, 0.25) is 0 Å². The normalized spacial score (nSPS) is 21.0. The van der Waals surface area contributed by atoms with Crippen LogP contribution in [0.4, 0.5) is 20.5 Å². The number of nitrogens with one attached hydrogen (secondary N) is 4. The molecule has 2 fully saturated rings. The van der Waals surface area contributed by atoms with Crippen LogP contribution >= 0.6 is 45.3 Å². The van der Waals surface area contributed by atoms with E-state index in [2.05, 4.69) is 62.1 Å². The summed E-state index contributed by atoms with van der Waals surface area (Å²) in [6.07, 6.45) is 7.58. The zero-order chi connectivity index (χ0) is 33.6. The Balaban J connectivity index is 0.942. The van der Waals surface area contributed by atoms with Crippen molar-refractivity contribution in [2.24, 2.45) is 0 Å². The summed E-state index contributed by atoms with van der Waals surface area (Å²) < 4.78 is 0. The maximum Gasteiger partial charge on any atom is 0.226 e. The predicted octanol–water partition coefficient (Wildman–Crippen LogP) is 5.25. The second-order valence-corrected chi connectivity index (χ2v) is 15.9. The van der Waals surface area contributed by atoms with Crippen molar-refractivity contribution in [3.05, 3.63) is 20.0 Å². The Kier molecular flexibility index (Phi) is 11.0. The molecule has 48 heavy (non-hydrogen) atoms. The second kappa shape index (κ2) is 15.6. The van der Waals surface area contributed by atoms with Crippen LogP contribution in [0.3, 0.4) is 0 Å². The number of hydrogen-bond donors (Lipinski definition) is 4. The van der Waals surface area contributed by atoms with E-state index in [4.69, 9.17) is 0 Å². The number of carbonyl (C=O) groups is 4. The smallest absolute Gasteiger partial charge is 0.226 e. The largest absolute Gasteiger partial charge is 0.301 e. The van der Waals surface area contributed by atoms with Gasteiger partial charge < -0.3 is 21.3 Å². The molecule has 0 radical (unpaired) electrons. The Morgan fingerprint density at radius 1 is 0.500 bits per heavy atom. The lowest BCUT2D eigenvalue weighted by Gasteiger charge is -2.25. The summed E-state index contributed by atoms with van der Waals surface area (Å²) in [7, 11) is 0. The first-order valence-electron chi connectivity index (χ1n) is 15.7. The summed E-state index contributed by atoms with van der Waals surface area (Å²) in [6, 6.07) is 0. The van der Waals surface area contributed by atoms with Gasteiger partial charge in [-0.05, 0) is 38.5 Å². The van der Waals surface area contributed by atoms with E-state index >= 15 is 0 Å². The fourth-order valence-electron chi connectivity index (χ4n) is 5.97. The predicted molar refractivity (Wildman–Crippen MR) is 183 cm³/mol. The van der Waals surface area contributed by atoms with E-state index in [0.29, 0.717) is 20.5 Å². The Bertz CT molecular complexity index is 1640. The topological polar surface area (TPSA) is 220 Å². The Labute approximate surface area is 291 Å². The van der Waals surface area contributed by atoms with E-state index < -0.39 is 0 Å². The summed E-state index contributed by atoms with van der Waals surface area (Å²) in [5.41, 5.74) is 0. The molecule has 0 bridgehead atoms. The minimum atomic E-state index is -0.321. The van der Waals surface area contributed by atoms with Crippen molar-refractivity contribution in [1.82, 2.24) is 40.8 Å². The van der Waals surface area contributed by atoms with Crippen molar-refractivity contribution in [1.29, 1.82) is 0 Å². The van der Waals surface area contributed by atoms with Gasteiger partial charge in [-0.2, -0.15) is 0 Å². The molecule has 254 valence electrons. The van der Waals surface area contributed by atoms with Gasteiger partial charge in [0.2, 0.25) is 44.2 Å². The monoisotopic (exact) mass is 730 g/mol. The lowest BCUT2D eigenvalue weighted by atomic mass is 9.82. The molecule has 4 N–H and O–H groups in total. The zero-order valence-corrected chi connectivity index (χ0v) is 29.5. The molecule has 2 aliphatic carbocycles. The number of carbonyl (C=O) groups excluding carboxylic acids is 4. The van der Waals surface area contributed by atoms with Gasteiger partial charge in [0.05, 0.1) is 0 Å². The van der Waals surface area contributed by atoms with Crippen LogP contribution in [0.25, 0.3) is 0 Å². The number of hydrogen-bond acceptors (Lipinski definition) is 16. The van der Waals surface area contributed by atoms with E-state index in [1.54, 1.807) is 0 Å². The SMILES string of the molecule is CC(=O)Nc1nnc([C@@H]2CCC[C@@H](c3nnc(NC(=O)CCC(=O)Nc4nnc([C@H]5CCC[C@H](c6nnc(NC(C)=O)s6)C5)s4)s3)C2)s1. The van der Waals surface area contributed by atoms with Gasteiger partial charge in [0, 0.05) is 50.4 Å². The Hall–Kier alpha value is -3.88. The molecule has 4 amide bonds. The highest BCUT2D eigenvalue weighted by molar-refractivity contribution is 7.16. The minimum absolute atomic E-state index is 0.0157. The van der Waals surface area contributed by atoms with Crippen LogP contribution in [0.15, 0.2) is 0 Å². The van der Waals surface area contributed by atoms with Crippen LogP contribution in [0.5, 0.6) is 0 Å². The lowest BCUT2D eigenvalue weighted by molar-refractivity contribution is -0.121. The first-order chi connectivity index (χ1) is 23.2. The quantitative estimate of drug-likeness (QED) is 0.156. The summed E-state index contributed by atoms with van der Waals surface area (Å²) in [6.45, 7) is 2.89. The lowest BCUT2D eigenvalue weighted by Crippen LogP contribution is -2.17. The molecule has 4 aromatic rings. The maximum absolute atomic E-state index is 12.6. The first-order valence-corrected chi connectivity index (χ1v) is 18.9. The van der Waals surface area contributed by atoms with Crippen LogP contribution in [0, 0.1) is 0 Å². The second-order valence-electron chi connectivity index (χ2n) is 11.9. The fraction of sp³-hybridized carbons (Fsp3) is 0.571. The van der Waals surface area contributed by atoms with Crippen molar-refractivity contribution in [2.75, 3.05) is 21.3 Å². The third kappa shape index (κ3) is 8.97. The maximum atomic E-state index is 12.6. The number of rotatable bonds is 11. The van der Waals surface area contributed by atoms with E-state index in [0.717, 1.165) is 71.4 Å². The van der Waals surface area contributed by atoms with Gasteiger partial charge in [-0.1, -0.05) is 58.2 Å². The molecule has 16 nitrogen and oxygen atoms in total. The number of nitrogens with zero attached hydrogens (tertiary/aromatic N) is 8. The number of anilines is 4.